The van der Waals surface area contributed by atoms with Gasteiger partial charge in [0, 0.05) is 5.57 Å². The van der Waals surface area contributed by atoms with E-state index in [1.54, 1.807) is 19.1 Å². The molecule has 1 aromatic heterocycles. The predicted molar refractivity (Wildman–Crippen MR) is 43.6 cm³/mol. The van der Waals surface area contributed by atoms with Crippen molar-refractivity contribution in [2.24, 2.45) is 0 Å². The largest absolute Gasteiger partial charge is 0.463 e. The summed E-state index contributed by atoms with van der Waals surface area (Å²) in [6.07, 6.45) is -0.501. The van der Waals surface area contributed by atoms with Gasteiger partial charge in [0.2, 0.25) is 0 Å². The molecule has 0 radical (unpaired) electrons. The van der Waals surface area contributed by atoms with E-state index in [-0.39, 0.29) is 5.57 Å². The van der Waals surface area contributed by atoms with E-state index in [0.717, 1.165) is 0 Å². The second kappa shape index (κ2) is 3.36. The minimum Gasteiger partial charge on any atom is -0.463 e. The topological polar surface area (TPSA) is 50.4 Å². The Hall–Kier alpha value is -1.35. The zero-order chi connectivity index (χ0) is 9.14. The van der Waals surface area contributed by atoms with E-state index in [1.807, 2.05) is 0 Å². The zero-order valence-electron chi connectivity index (χ0n) is 6.78. The van der Waals surface area contributed by atoms with E-state index < -0.39 is 6.10 Å². The molecule has 0 aliphatic carbocycles. The van der Waals surface area contributed by atoms with Crippen molar-refractivity contribution >= 4 is 6.29 Å². The summed E-state index contributed by atoms with van der Waals surface area (Å²) in [6.45, 7) is 5.14. The van der Waals surface area contributed by atoms with Crippen molar-refractivity contribution in [1.29, 1.82) is 0 Å². The molecule has 3 nitrogen and oxygen atoms in total. The minimum absolute atomic E-state index is 0.101. The average Bonchev–Trinajstić information content (AvgIpc) is 2.49. The fraction of sp³-hybridized carbons (Fsp3) is 0.222. The minimum atomic E-state index is -1.02. The second-order valence-electron chi connectivity index (χ2n) is 2.54. The third kappa shape index (κ3) is 1.62. The molecule has 0 saturated carbocycles. The quantitative estimate of drug-likeness (QED) is 0.545. The van der Waals surface area contributed by atoms with Crippen LogP contribution in [-0.2, 0) is 4.79 Å². The number of furan rings is 1. The first-order valence-electron chi connectivity index (χ1n) is 3.53. The number of rotatable bonds is 3. The third-order valence-electron chi connectivity index (χ3n) is 1.53. The van der Waals surface area contributed by atoms with E-state index in [1.165, 1.54) is 0 Å². The van der Waals surface area contributed by atoms with Crippen LogP contribution >= 0.6 is 0 Å². The van der Waals surface area contributed by atoms with Crippen molar-refractivity contribution in [2.45, 2.75) is 13.0 Å². The van der Waals surface area contributed by atoms with E-state index in [9.17, 15) is 9.90 Å². The van der Waals surface area contributed by atoms with Crippen LogP contribution in [0.3, 0.4) is 0 Å². The Kier molecular flexibility index (Phi) is 2.45. The summed E-state index contributed by atoms with van der Waals surface area (Å²) in [5.74, 6) is 1.05. The van der Waals surface area contributed by atoms with Crippen LogP contribution in [0.5, 0.6) is 0 Å². The van der Waals surface area contributed by atoms with Gasteiger partial charge in [-0.25, -0.2) is 0 Å². The molecule has 1 aromatic rings. The number of aryl methyl sites for hydroxylation is 1. The molecule has 3 heteroatoms. The molecule has 1 N–H and O–H groups in total. The fourth-order valence-corrected chi connectivity index (χ4v) is 0.848. The number of carbonyl (C=O) groups is 1. The molecule has 0 bridgehead atoms. The van der Waals surface area contributed by atoms with Gasteiger partial charge in [-0.05, 0) is 19.1 Å². The summed E-state index contributed by atoms with van der Waals surface area (Å²) in [5, 5.41) is 9.38. The lowest BCUT2D eigenvalue weighted by molar-refractivity contribution is -0.105. The van der Waals surface area contributed by atoms with Crippen LogP contribution in [0.2, 0.25) is 0 Å². The van der Waals surface area contributed by atoms with Crippen molar-refractivity contribution in [3.05, 3.63) is 35.8 Å². The van der Waals surface area contributed by atoms with Crippen LogP contribution in [-0.4, -0.2) is 11.4 Å². The van der Waals surface area contributed by atoms with Crippen molar-refractivity contribution < 1.29 is 14.3 Å². The highest BCUT2D eigenvalue weighted by Gasteiger charge is 2.13. The van der Waals surface area contributed by atoms with Crippen molar-refractivity contribution in [3.8, 4) is 0 Å². The first kappa shape index (κ1) is 8.74. The molecule has 0 aliphatic heterocycles. The lowest BCUT2D eigenvalue weighted by Crippen LogP contribution is -1.99. The Morgan fingerprint density at radius 2 is 2.42 bits per heavy atom. The summed E-state index contributed by atoms with van der Waals surface area (Å²) in [4.78, 5) is 10.2. The normalized spacial score (nSPS) is 12.5. The maximum absolute atomic E-state index is 10.2. The number of hydrogen-bond acceptors (Lipinski definition) is 3. The van der Waals surface area contributed by atoms with E-state index in [4.69, 9.17) is 4.42 Å². The van der Waals surface area contributed by atoms with Crippen LogP contribution in [0.25, 0.3) is 0 Å². The highest BCUT2D eigenvalue weighted by Crippen LogP contribution is 2.20. The smallest absolute Gasteiger partial charge is 0.148 e. The molecule has 0 aliphatic rings. The molecule has 1 unspecified atom stereocenters. The van der Waals surface area contributed by atoms with Gasteiger partial charge in [0.25, 0.3) is 0 Å². The number of aliphatic hydroxyl groups excluding tert-OH is 1. The maximum atomic E-state index is 10.2. The molecule has 12 heavy (non-hydrogen) atoms. The van der Waals surface area contributed by atoms with Crippen molar-refractivity contribution in [3.63, 3.8) is 0 Å². The molecule has 0 aromatic carbocycles. The first-order chi connectivity index (χ1) is 5.65. The molecule has 64 valence electrons. The Bertz CT molecular complexity index is 298. The number of aliphatic hydroxyl groups is 1. The molecule has 0 spiro atoms. The molecule has 0 saturated heterocycles. The lowest BCUT2D eigenvalue weighted by atomic mass is 10.1. The summed E-state index contributed by atoms with van der Waals surface area (Å²) in [6, 6.07) is 3.34. The van der Waals surface area contributed by atoms with Crippen LogP contribution in [0.15, 0.2) is 28.7 Å². The molecular formula is C9H10O3. The highest BCUT2D eigenvalue weighted by atomic mass is 16.4. The van der Waals surface area contributed by atoms with Gasteiger partial charge in [0.15, 0.2) is 0 Å². The highest BCUT2D eigenvalue weighted by molar-refractivity contribution is 5.73. The average molecular weight is 166 g/mol. The molecule has 0 fully saturated rings. The van der Waals surface area contributed by atoms with Gasteiger partial charge < -0.3 is 9.52 Å². The Morgan fingerprint density at radius 3 is 2.83 bits per heavy atom. The summed E-state index contributed by atoms with van der Waals surface area (Å²) < 4.78 is 5.10. The Morgan fingerprint density at radius 1 is 1.75 bits per heavy atom. The van der Waals surface area contributed by atoms with Gasteiger partial charge in [-0.2, -0.15) is 0 Å². The summed E-state index contributed by atoms with van der Waals surface area (Å²) >= 11 is 0. The molecule has 1 heterocycles. The van der Waals surface area contributed by atoms with E-state index >= 15 is 0 Å². The zero-order valence-corrected chi connectivity index (χ0v) is 6.78. The number of aldehydes is 1. The van der Waals surface area contributed by atoms with Crippen LogP contribution < -0.4 is 0 Å². The SMILES string of the molecule is C=C(C=O)C(O)c1ccc(C)o1. The third-order valence-corrected chi connectivity index (χ3v) is 1.53. The summed E-state index contributed by atoms with van der Waals surface area (Å²) in [7, 11) is 0. The second-order valence-corrected chi connectivity index (χ2v) is 2.54. The standard InChI is InChI=1S/C9H10O3/c1-6(5-10)9(11)8-4-3-7(2)12-8/h3-5,9,11H,1H2,2H3. The van der Waals surface area contributed by atoms with E-state index in [2.05, 4.69) is 6.58 Å². The van der Waals surface area contributed by atoms with Gasteiger partial charge in [0.1, 0.15) is 23.9 Å². The summed E-state index contributed by atoms with van der Waals surface area (Å²) in [5.41, 5.74) is 0.101. The molecule has 0 amide bonds. The number of hydrogen-bond donors (Lipinski definition) is 1. The lowest BCUT2D eigenvalue weighted by Gasteiger charge is -2.04. The van der Waals surface area contributed by atoms with Gasteiger partial charge in [-0.1, -0.05) is 6.58 Å². The van der Waals surface area contributed by atoms with Gasteiger partial charge >= 0.3 is 0 Å². The molecule has 1 atom stereocenters. The molecular weight excluding hydrogens is 156 g/mol. The van der Waals surface area contributed by atoms with Crippen LogP contribution in [0, 0.1) is 6.92 Å². The Labute approximate surface area is 70.3 Å². The monoisotopic (exact) mass is 166 g/mol. The maximum Gasteiger partial charge on any atom is 0.148 e. The van der Waals surface area contributed by atoms with Crippen LogP contribution in [0.1, 0.15) is 17.6 Å². The number of carbonyl (C=O) groups excluding carboxylic acids is 1. The van der Waals surface area contributed by atoms with Crippen molar-refractivity contribution in [1.82, 2.24) is 0 Å². The fourth-order valence-electron chi connectivity index (χ4n) is 0.848. The predicted octanol–water partition coefficient (Wildman–Crippen LogP) is 1.38. The Balaban J connectivity index is 2.84. The van der Waals surface area contributed by atoms with Gasteiger partial charge in [0.05, 0.1) is 0 Å². The van der Waals surface area contributed by atoms with Gasteiger partial charge in [-0.15, -0.1) is 0 Å². The first-order valence-corrected chi connectivity index (χ1v) is 3.53. The van der Waals surface area contributed by atoms with E-state index in [0.29, 0.717) is 17.8 Å². The van der Waals surface area contributed by atoms with Crippen LogP contribution in [0.4, 0.5) is 0 Å². The molecule has 1 rings (SSSR count). The van der Waals surface area contributed by atoms with Gasteiger partial charge in [-0.3, -0.25) is 4.79 Å². The van der Waals surface area contributed by atoms with Crippen molar-refractivity contribution in [2.75, 3.05) is 0 Å².